The molecule has 0 aromatic rings. The van der Waals surface area contributed by atoms with Crippen LogP contribution in [0.3, 0.4) is 0 Å². The van der Waals surface area contributed by atoms with Gasteiger partial charge < -0.3 is 20.5 Å². The van der Waals surface area contributed by atoms with E-state index in [9.17, 15) is 4.79 Å². The first-order chi connectivity index (χ1) is 8.57. The highest BCUT2D eigenvalue weighted by Gasteiger charge is 2.30. The van der Waals surface area contributed by atoms with Crippen molar-refractivity contribution in [2.45, 2.75) is 50.7 Å². The molecule has 0 heterocycles. The molecule has 1 aliphatic carbocycles. The fraction of sp³-hybridized carbons (Fsp3) is 0.923. The van der Waals surface area contributed by atoms with E-state index in [0.29, 0.717) is 19.8 Å². The molecule has 5 heteroatoms. The number of nitrogens with two attached hydrogens (primary N) is 1. The lowest BCUT2D eigenvalue weighted by molar-refractivity contribution is -0.132. The highest BCUT2D eigenvalue weighted by Crippen LogP contribution is 2.27. The Morgan fingerprint density at radius 3 is 2.72 bits per heavy atom. The van der Waals surface area contributed by atoms with Crippen LogP contribution in [0.1, 0.15) is 39.0 Å². The first-order valence-corrected chi connectivity index (χ1v) is 6.74. The molecule has 0 aromatic heterocycles. The van der Waals surface area contributed by atoms with Gasteiger partial charge in [-0.15, -0.1) is 0 Å². The molecule has 0 saturated heterocycles. The van der Waals surface area contributed by atoms with Crippen molar-refractivity contribution in [3.8, 4) is 0 Å². The molecule has 1 rings (SSSR count). The Morgan fingerprint density at radius 2 is 2.11 bits per heavy atom. The Bertz CT molecular complexity index is 253. The molecule has 1 aliphatic rings. The summed E-state index contributed by atoms with van der Waals surface area (Å²) in [6.07, 6.45) is 4.70. The van der Waals surface area contributed by atoms with Gasteiger partial charge in [0.15, 0.2) is 0 Å². The molecule has 0 aliphatic heterocycles. The number of ether oxygens (including phenoxy) is 2. The number of amides is 1. The SMILES string of the molecule is COCCCNC(=O)C(C)OCC1(N)CCCC1. The van der Waals surface area contributed by atoms with Crippen LogP contribution in [0.15, 0.2) is 0 Å². The largest absolute Gasteiger partial charge is 0.385 e. The quantitative estimate of drug-likeness (QED) is 0.632. The van der Waals surface area contributed by atoms with Gasteiger partial charge in [0, 0.05) is 25.8 Å². The molecule has 18 heavy (non-hydrogen) atoms. The Kier molecular flexibility index (Phi) is 6.60. The van der Waals surface area contributed by atoms with E-state index in [2.05, 4.69) is 5.32 Å². The molecule has 1 amide bonds. The van der Waals surface area contributed by atoms with Gasteiger partial charge in [-0.05, 0) is 26.2 Å². The van der Waals surface area contributed by atoms with Gasteiger partial charge in [0.05, 0.1) is 6.61 Å². The molecule has 0 spiro atoms. The third-order valence-electron chi connectivity index (χ3n) is 3.41. The monoisotopic (exact) mass is 258 g/mol. The molecule has 1 fully saturated rings. The summed E-state index contributed by atoms with van der Waals surface area (Å²) in [5, 5.41) is 2.82. The Labute approximate surface area is 109 Å². The number of carbonyl (C=O) groups is 1. The van der Waals surface area contributed by atoms with Gasteiger partial charge >= 0.3 is 0 Å². The molecule has 0 bridgehead atoms. The molecular weight excluding hydrogens is 232 g/mol. The molecule has 1 unspecified atom stereocenters. The van der Waals surface area contributed by atoms with Crippen LogP contribution in [-0.2, 0) is 14.3 Å². The summed E-state index contributed by atoms with van der Waals surface area (Å²) < 4.78 is 10.5. The normalized spacial score (nSPS) is 19.7. The van der Waals surface area contributed by atoms with E-state index < -0.39 is 6.10 Å². The summed E-state index contributed by atoms with van der Waals surface area (Å²) in [4.78, 5) is 11.7. The molecular formula is C13H26N2O3. The Balaban J connectivity index is 2.15. The van der Waals surface area contributed by atoms with E-state index in [0.717, 1.165) is 32.1 Å². The Hall–Kier alpha value is -0.650. The predicted molar refractivity (Wildman–Crippen MR) is 70.3 cm³/mol. The van der Waals surface area contributed by atoms with E-state index in [4.69, 9.17) is 15.2 Å². The molecule has 106 valence electrons. The minimum absolute atomic E-state index is 0.0762. The van der Waals surface area contributed by atoms with Crippen molar-refractivity contribution in [3.05, 3.63) is 0 Å². The van der Waals surface area contributed by atoms with Crippen LogP contribution in [0, 0.1) is 0 Å². The predicted octanol–water partition coefficient (Wildman–Crippen LogP) is 0.816. The average molecular weight is 258 g/mol. The lowest BCUT2D eigenvalue weighted by Crippen LogP contribution is -2.44. The second kappa shape index (κ2) is 7.71. The van der Waals surface area contributed by atoms with Crippen molar-refractivity contribution in [3.63, 3.8) is 0 Å². The maximum absolute atomic E-state index is 11.7. The second-order valence-electron chi connectivity index (χ2n) is 5.16. The van der Waals surface area contributed by atoms with Crippen LogP contribution in [-0.4, -0.2) is 44.4 Å². The number of carbonyl (C=O) groups excluding carboxylic acids is 1. The zero-order valence-electron chi connectivity index (χ0n) is 11.5. The van der Waals surface area contributed by atoms with Gasteiger partial charge in [-0.25, -0.2) is 0 Å². The van der Waals surface area contributed by atoms with Crippen molar-refractivity contribution in [1.82, 2.24) is 5.32 Å². The number of hydrogen-bond acceptors (Lipinski definition) is 4. The second-order valence-corrected chi connectivity index (χ2v) is 5.16. The first kappa shape index (κ1) is 15.4. The lowest BCUT2D eigenvalue weighted by atomic mass is 10.0. The molecule has 0 radical (unpaired) electrons. The maximum Gasteiger partial charge on any atom is 0.248 e. The van der Waals surface area contributed by atoms with Crippen molar-refractivity contribution in [2.75, 3.05) is 26.9 Å². The third-order valence-corrected chi connectivity index (χ3v) is 3.41. The summed E-state index contributed by atoms with van der Waals surface area (Å²) >= 11 is 0. The standard InChI is InChI=1S/C13H26N2O3/c1-11(12(16)15-8-5-9-17-2)18-10-13(14)6-3-4-7-13/h11H,3-10,14H2,1-2H3,(H,15,16). The fourth-order valence-electron chi connectivity index (χ4n) is 2.16. The van der Waals surface area contributed by atoms with Gasteiger partial charge in [-0.2, -0.15) is 0 Å². The van der Waals surface area contributed by atoms with E-state index in [-0.39, 0.29) is 11.4 Å². The van der Waals surface area contributed by atoms with Crippen molar-refractivity contribution < 1.29 is 14.3 Å². The first-order valence-electron chi connectivity index (χ1n) is 6.74. The average Bonchev–Trinajstić information content (AvgIpc) is 2.79. The highest BCUT2D eigenvalue weighted by atomic mass is 16.5. The molecule has 1 atom stereocenters. The van der Waals surface area contributed by atoms with Crippen molar-refractivity contribution in [1.29, 1.82) is 0 Å². The van der Waals surface area contributed by atoms with Gasteiger partial charge in [-0.1, -0.05) is 12.8 Å². The zero-order valence-corrected chi connectivity index (χ0v) is 11.5. The van der Waals surface area contributed by atoms with Crippen LogP contribution in [0.5, 0.6) is 0 Å². The van der Waals surface area contributed by atoms with Gasteiger partial charge in [0.1, 0.15) is 6.10 Å². The van der Waals surface area contributed by atoms with Crippen LogP contribution < -0.4 is 11.1 Å². The minimum Gasteiger partial charge on any atom is -0.385 e. The highest BCUT2D eigenvalue weighted by molar-refractivity contribution is 5.80. The van der Waals surface area contributed by atoms with Crippen LogP contribution in [0.4, 0.5) is 0 Å². The topological polar surface area (TPSA) is 73.6 Å². The van der Waals surface area contributed by atoms with Crippen molar-refractivity contribution in [2.24, 2.45) is 5.73 Å². The van der Waals surface area contributed by atoms with Gasteiger partial charge in [-0.3, -0.25) is 4.79 Å². The summed E-state index contributed by atoms with van der Waals surface area (Å²) in [6.45, 7) is 3.51. The molecule has 0 aromatic carbocycles. The van der Waals surface area contributed by atoms with Gasteiger partial charge in [0.2, 0.25) is 5.91 Å². The molecule has 5 nitrogen and oxygen atoms in total. The van der Waals surface area contributed by atoms with Gasteiger partial charge in [0.25, 0.3) is 0 Å². The summed E-state index contributed by atoms with van der Waals surface area (Å²) in [6, 6.07) is 0. The van der Waals surface area contributed by atoms with E-state index in [1.807, 2.05) is 0 Å². The molecule has 3 N–H and O–H groups in total. The van der Waals surface area contributed by atoms with Crippen LogP contribution in [0.2, 0.25) is 0 Å². The van der Waals surface area contributed by atoms with Crippen LogP contribution in [0.25, 0.3) is 0 Å². The lowest BCUT2D eigenvalue weighted by Gasteiger charge is -2.25. The third kappa shape index (κ3) is 5.33. The molecule has 1 saturated carbocycles. The smallest absolute Gasteiger partial charge is 0.248 e. The number of methoxy groups -OCH3 is 1. The zero-order chi connectivity index (χ0) is 13.4. The number of hydrogen-bond donors (Lipinski definition) is 2. The Morgan fingerprint density at radius 1 is 1.44 bits per heavy atom. The van der Waals surface area contributed by atoms with Crippen molar-refractivity contribution >= 4 is 5.91 Å². The summed E-state index contributed by atoms with van der Waals surface area (Å²) in [7, 11) is 1.65. The fourth-order valence-corrected chi connectivity index (χ4v) is 2.16. The van der Waals surface area contributed by atoms with E-state index >= 15 is 0 Å². The van der Waals surface area contributed by atoms with E-state index in [1.165, 1.54) is 0 Å². The van der Waals surface area contributed by atoms with Crippen LogP contribution >= 0.6 is 0 Å². The summed E-state index contributed by atoms with van der Waals surface area (Å²) in [5.41, 5.74) is 5.96. The van der Waals surface area contributed by atoms with E-state index in [1.54, 1.807) is 14.0 Å². The number of rotatable bonds is 8. The number of nitrogens with one attached hydrogen (secondary N) is 1. The summed E-state index contributed by atoms with van der Waals surface area (Å²) in [5.74, 6) is -0.0762. The maximum atomic E-state index is 11.7. The minimum atomic E-state index is -0.437.